The van der Waals surface area contributed by atoms with Crippen LogP contribution in [0.15, 0.2) is 0 Å². The van der Waals surface area contributed by atoms with E-state index in [9.17, 15) is 0 Å². The van der Waals surface area contributed by atoms with Gasteiger partial charge in [0.05, 0.1) is 0 Å². The van der Waals surface area contributed by atoms with Crippen LogP contribution in [0, 0.1) is 5.92 Å². The molecule has 0 unspecified atom stereocenters. The zero-order chi connectivity index (χ0) is 12.6. The van der Waals surface area contributed by atoms with Crippen molar-refractivity contribution in [2.24, 2.45) is 5.92 Å². The first-order chi connectivity index (χ1) is 8.26. The van der Waals surface area contributed by atoms with Gasteiger partial charge in [-0.2, -0.15) is 0 Å². The summed E-state index contributed by atoms with van der Waals surface area (Å²) in [4.78, 5) is 3.45. The van der Waals surface area contributed by atoms with Crippen LogP contribution in [-0.2, 0) is 13.3 Å². The van der Waals surface area contributed by atoms with E-state index in [2.05, 4.69) is 4.98 Å². The lowest BCUT2D eigenvalue weighted by atomic mass is 10.1. The molecule has 0 aliphatic heterocycles. The second-order valence-electron chi connectivity index (χ2n) is 4.39. The molecule has 1 fully saturated rings. The van der Waals surface area contributed by atoms with E-state index in [-0.39, 0.29) is 0 Å². The maximum Gasteiger partial charge on any atom is 0.596 e. The normalized spacial score (nSPS) is 17.8. The molecule has 0 bridgehead atoms. The van der Waals surface area contributed by atoms with E-state index in [1.165, 1.54) is 25.7 Å². The third kappa shape index (κ3) is 5.05. The Labute approximate surface area is 106 Å². The molecule has 0 spiro atoms. The van der Waals surface area contributed by atoms with Gasteiger partial charge in [-0.05, 0) is 46.1 Å². The number of hydrogen-bond donors (Lipinski definition) is 1. The van der Waals surface area contributed by atoms with Crippen molar-refractivity contribution in [1.82, 2.24) is 4.98 Å². The topological polar surface area (TPSA) is 39.7 Å². The maximum absolute atomic E-state index is 5.75. The minimum atomic E-state index is -2.61. The summed E-state index contributed by atoms with van der Waals surface area (Å²) in [5, 5.41) is 0. The Hall–Kier alpha value is 0.0569. The lowest BCUT2D eigenvalue weighted by Crippen LogP contribution is -2.60. The molecular weight excluding hydrogens is 234 g/mol. The second-order valence-corrected chi connectivity index (χ2v) is 6.72. The van der Waals surface area contributed by atoms with Gasteiger partial charge in [0.15, 0.2) is 0 Å². The number of hydrogen-bond acceptors (Lipinski definition) is 4. The van der Waals surface area contributed by atoms with Crippen LogP contribution in [0.3, 0.4) is 0 Å². The van der Waals surface area contributed by atoms with Crippen LogP contribution in [0.1, 0.15) is 46.5 Å². The Morgan fingerprint density at radius 2 is 1.41 bits per heavy atom. The van der Waals surface area contributed by atoms with Crippen LogP contribution in [0.25, 0.3) is 0 Å². The van der Waals surface area contributed by atoms with E-state index in [4.69, 9.17) is 13.3 Å². The smallest absolute Gasteiger partial charge is 0.361 e. The molecule has 0 aromatic rings. The van der Waals surface area contributed by atoms with Gasteiger partial charge < -0.3 is 13.3 Å². The highest BCUT2D eigenvalue weighted by molar-refractivity contribution is 6.57. The van der Waals surface area contributed by atoms with Crippen molar-refractivity contribution in [2.75, 3.05) is 26.4 Å². The highest BCUT2D eigenvalue weighted by Gasteiger charge is 2.41. The summed E-state index contributed by atoms with van der Waals surface area (Å²) in [6.07, 6.45) is 5.36. The van der Waals surface area contributed by atoms with Gasteiger partial charge in [0.1, 0.15) is 0 Å². The van der Waals surface area contributed by atoms with Gasteiger partial charge in [0, 0.05) is 19.8 Å². The molecule has 5 heteroatoms. The van der Waals surface area contributed by atoms with Gasteiger partial charge in [-0.3, -0.25) is 4.98 Å². The van der Waals surface area contributed by atoms with E-state index in [0.29, 0.717) is 19.8 Å². The van der Waals surface area contributed by atoms with Crippen LogP contribution >= 0.6 is 0 Å². The second kappa shape index (κ2) is 8.21. The lowest BCUT2D eigenvalue weighted by Gasteiger charge is -2.29. The monoisotopic (exact) mass is 261 g/mol. The van der Waals surface area contributed by atoms with Gasteiger partial charge in [-0.1, -0.05) is 12.8 Å². The zero-order valence-electron chi connectivity index (χ0n) is 11.5. The van der Waals surface area contributed by atoms with E-state index in [0.717, 1.165) is 12.5 Å². The summed E-state index contributed by atoms with van der Waals surface area (Å²) in [5.74, 6) is 0.767. The molecule has 1 aliphatic carbocycles. The summed E-state index contributed by atoms with van der Waals surface area (Å²) < 4.78 is 17.3. The molecule has 4 nitrogen and oxygen atoms in total. The predicted octanol–water partition coefficient (Wildman–Crippen LogP) is 2.31. The van der Waals surface area contributed by atoms with Gasteiger partial charge in [0.25, 0.3) is 0 Å². The minimum Gasteiger partial charge on any atom is -0.361 e. The van der Waals surface area contributed by atoms with Crippen LogP contribution < -0.4 is 4.98 Å². The average Bonchev–Trinajstić information content (AvgIpc) is 2.80. The quantitative estimate of drug-likeness (QED) is 0.647. The highest BCUT2D eigenvalue weighted by atomic mass is 28.4. The summed E-state index contributed by atoms with van der Waals surface area (Å²) >= 11 is 0. The Bertz CT molecular complexity index is 181. The van der Waals surface area contributed by atoms with E-state index >= 15 is 0 Å². The van der Waals surface area contributed by atoms with Gasteiger partial charge in [-0.25, -0.2) is 0 Å². The molecular formula is C12H27NO3Si. The first-order valence-corrected chi connectivity index (χ1v) is 8.65. The first kappa shape index (κ1) is 15.1. The largest absolute Gasteiger partial charge is 0.596 e. The summed E-state index contributed by atoms with van der Waals surface area (Å²) in [6, 6.07) is 0. The van der Waals surface area contributed by atoms with Crippen molar-refractivity contribution < 1.29 is 13.3 Å². The Morgan fingerprint density at radius 1 is 0.941 bits per heavy atom. The molecule has 0 saturated heterocycles. The van der Waals surface area contributed by atoms with Crippen molar-refractivity contribution in [3.05, 3.63) is 0 Å². The molecule has 1 saturated carbocycles. The maximum atomic E-state index is 5.75. The fourth-order valence-electron chi connectivity index (χ4n) is 2.33. The van der Waals surface area contributed by atoms with Crippen LogP contribution in [0.5, 0.6) is 0 Å². The lowest BCUT2D eigenvalue weighted by molar-refractivity contribution is 0.0586. The molecule has 1 rings (SSSR count). The van der Waals surface area contributed by atoms with Crippen molar-refractivity contribution in [1.29, 1.82) is 0 Å². The van der Waals surface area contributed by atoms with Crippen LogP contribution in [0.4, 0.5) is 0 Å². The first-order valence-electron chi connectivity index (χ1n) is 6.93. The van der Waals surface area contributed by atoms with Crippen LogP contribution in [0.2, 0.25) is 0 Å². The third-order valence-electron chi connectivity index (χ3n) is 3.09. The molecule has 17 heavy (non-hydrogen) atoms. The van der Waals surface area contributed by atoms with Crippen molar-refractivity contribution in [3.8, 4) is 0 Å². The Kier molecular flexibility index (Phi) is 7.30. The molecule has 0 heterocycles. The third-order valence-corrected chi connectivity index (χ3v) is 5.73. The highest BCUT2D eigenvalue weighted by Crippen LogP contribution is 2.24. The van der Waals surface area contributed by atoms with Crippen molar-refractivity contribution in [3.63, 3.8) is 0 Å². The van der Waals surface area contributed by atoms with E-state index in [1.807, 2.05) is 20.8 Å². The molecule has 0 aromatic heterocycles. The summed E-state index contributed by atoms with van der Waals surface area (Å²) in [6.45, 7) is 8.80. The van der Waals surface area contributed by atoms with Crippen LogP contribution in [-0.4, -0.2) is 35.3 Å². The molecule has 0 aromatic carbocycles. The van der Waals surface area contributed by atoms with E-state index < -0.39 is 8.97 Å². The Morgan fingerprint density at radius 3 is 1.82 bits per heavy atom. The number of nitrogens with one attached hydrogen (secondary N) is 1. The van der Waals surface area contributed by atoms with E-state index in [1.54, 1.807) is 0 Å². The molecule has 102 valence electrons. The minimum absolute atomic E-state index is 0.629. The average molecular weight is 261 g/mol. The molecule has 1 aliphatic rings. The van der Waals surface area contributed by atoms with Crippen molar-refractivity contribution >= 4 is 8.97 Å². The van der Waals surface area contributed by atoms with Gasteiger partial charge in [0.2, 0.25) is 0 Å². The molecule has 0 amide bonds. The fraction of sp³-hybridized carbons (Fsp3) is 1.00. The number of rotatable bonds is 9. The molecule has 1 N–H and O–H groups in total. The van der Waals surface area contributed by atoms with Gasteiger partial charge in [-0.15, -0.1) is 0 Å². The Balaban J connectivity index is 2.46. The summed E-state index contributed by atoms with van der Waals surface area (Å²) in [5.41, 5.74) is 0. The predicted molar refractivity (Wildman–Crippen MR) is 70.6 cm³/mol. The zero-order valence-corrected chi connectivity index (χ0v) is 12.5. The molecule has 0 atom stereocenters. The summed E-state index contributed by atoms with van der Waals surface area (Å²) in [7, 11) is -2.61. The van der Waals surface area contributed by atoms with Crippen molar-refractivity contribution in [2.45, 2.75) is 46.5 Å². The SMILES string of the molecule is CCO[Si](NCC1CCCC1)(OCC)OCC. The molecule has 0 radical (unpaired) electrons. The fourth-order valence-corrected chi connectivity index (χ4v) is 4.57. The van der Waals surface area contributed by atoms with Gasteiger partial charge >= 0.3 is 8.97 Å². The standard InChI is InChI=1S/C12H27NO3Si/c1-4-14-17(15-5-2,16-6-3)13-11-12-9-7-8-10-12/h12-13H,4-11H2,1-3H3.